The van der Waals surface area contributed by atoms with Gasteiger partial charge in [-0.3, -0.25) is 4.79 Å². The number of rotatable bonds is 1. The molecule has 0 bridgehead atoms. The molecule has 0 aliphatic carbocycles. The van der Waals surface area contributed by atoms with E-state index in [9.17, 15) is 4.79 Å². The van der Waals surface area contributed by atoms with Crippen molar-refractivity contribution in [3.63, 3.8) is 0 Å². The molecule has 6 heteroatoms. The fourth-order valence-corrected chi connectivity index (χ4v) is 1.22. The average molecular weight is 225 g/mol. The van der Waals surface area contributed by atoms with Crippen molar-refractivity contribution < 1.29 is 4.79 Å². The first-order valence-electron chi connectivity index (χ1n) is 2.87. The summed E-state index contributed by atoms with van der Waals surface area (Å²) in [6.07, 6.45) is 0. The van der Waals surface area contributed by atoms with Crippen molar-refractivity contribution >= 4 is 45.9 Å². The van der Waals surface area contributed by atoms with Crippen LogP contribution in [0, 0.1) is 0 Å². The van der Waals surface area contributed by atoms with E-state index in [2.05, 4.69) is 10.3 Å². The van der Waals surface area contributed by atoms with Crippen molar-refractivity contribution in [3.8, 4) is 0 Å². The number of aromatic nitrogens is 1. The van der Waals surface area contributed by atoms with Crippen molar-refractivity contribution in [2.75, 3.05) is 5.32 Å². The topological polar surface area (TPSA) is 42.0 Å². The minimum absolute atomic E-state index is 0.197. The first kappa shape index (κ1) is 9.58. The number of amides is 1. The van der Waals surface area contributed by atoms with E-state index in [4.69, 9.17) is 34.8 Å². The van der Waals surface area contributed by atoms with Crippen LogP contribution in [0.15, 0.2) is 12.1 Å². The quantitative estimate of drug-likeness (QED) is 0.453. The molecule has 0 spiro atoms. The Morgan fingerprint density at radius 1 is 1.33 bits per heavy atom. The number of hydrogen-bond donors (Lipinski definition) is 1. The Balaban J connectivity index is 2.93. The number of carbonyl (C=O) groups is 1. The first-order valence-corrected chi connectivity index (χ1v) is 4.01. The van der Waals surface area contributed by atoms with Crippen LogP contribution in [-0.4, -0.2) is 10.4 Å². The largest absolute Gasteiger partial charge is 0.318 e. The lowest BCUT2D eigenvalue weighted by atomic mass is 10.4. The molecule has 1 N–H and O–H groups in total. The van der Waals surface area contributed by atoms with Crippen molar-refractivity contribution in [2.24, 2.45) is 0 Å². The highest BCUT2D eigenvalue weighted by atomic mass is 35.5. The second-order valence-corrected chi connectivity index (χ2v) is 3.02. The molecular weight excluding hydrogens is 222 g/mol. The number of anilines is 1. The predicted molar refractivity (Wildman–Crippen MR) is 49.1 cm³/mol. The Kier molecular flexibility index (Phi) is 3.14. The van der Waals surface area contributed by atoms with Gasteiger partial charge in [-0.1, -0.05) is 23.2 Å². The standard InChI is InChI=1S/C6H3Cl3N2O/c7-4-1-3(10-6(9)12)2-5(8)11-4/h1-2H,(H,10,11,12). The highest BCUT2D eigenvalue weighted by Crippen LogP contribution is 2.18. The molecule has 0 unspecified atom stereocenters. The summed E-state index contributed by atoms with van der Waals surface area (Å²) < 4.78 is 0. The Morgan fingerprint density at radius 2 is 1.83 bits per heavy atom. The highest BCUT2D eigenvalue weighted by Gasteiger charge is 2.01. The summed E-state index contributed by atoms with van der Waals surface area (Å²) >= 11 is 16.1. The molecule has 3 nitrogen and oxygen atoms in total. The van der Waals surface area contributed by atoms with Crippen LogP contribution in [0.5, 0.6) is 0 Å². The van der Waals surface area contributed by atoms with Gasteiger partial charge in [-0.05, 0) is 23.7 Å². The second kappa shape index (κ2) is 3.94. The van der Waals surface area contributed by atoms with Gasteiger partial charge in [0.25, 0.3) is 0 Å². The fourth-order valence-electron chi connectivity index (χ4n) is 0.651. The lowest BCUT2D eigenvalue weighted by Gasteiger charge is -2.00. The molecule has 64 valence electrons. The Hall–Kier alpha value is -0.510. The number of hydrogen-bond acceptors (Lipinski definition) is 2. The average Bonchev–Trinajstić information content (AvgIpc) is 1.81. The number of halogens is 3. The summed E-state index contributed by atoms with van der Waals surface area (Å²) in [5, 5.41) is 2.00. The zero-order valence-corrected chi connectivity index (χ0v) is 7.91. The molecule has 0 saturated carbocycles. The third kappa shape index (κ3) is 2.85. The molecule has 0 aliphatic heterocycles. The number of nitrogens with zero attached hydrogens (tertiary/aromatic N) is 1. The van der Waals surface area contributed by atoms with E-state index in [0.717, 1.165) is 0 Å². The van der Waals surface area contributed by atoms with Gasteiger partial charge in [0.05, 0.1) is 0 Å². The second-order valence-electron chi connectivity index (χ2n) is 1.90. The van der Waals surface area contributed by atoms with E-state index in [1.807, 2.05) is 0 Å². The monoisotopic (exact) mass is 224 g/mol. The minimum atomic E-state index is -0.701. The molecule has 1 rings (SSSR count). The third-order valence-corrected chi connectivity index (χ3v) is 1.49. The van der Waals surface area contributed by atoms with Crippen molar-refractivity contribution in [1.29, 1.82) is 0 Å². The SMILES string of the molecule is O=C(Cl)Nc1cc(Cl)nc(Cl)c1. The van der Waals surface area contributed by atoms with E-state index in [-0.39, 0.29) is 10.3 Å². The summed E-state index contributed by atoms with van der Waals surface area (Å²) in [4.78, 5) is 14.1. The van der Waals surface area contributed by atoms with Crippen LogP contribution in [0.4, 0.5) is 10.5 Å². The molecule has 0 atom stereocenters. The van der Waals surface area contributed by atoms with Crippen molar-refractivity contribution in [2.45, 2.75) is 0 Å². The highest BCUT2D eigenvalue weighted by molar-refractivity contribution is 6.65. The van der Waals surface area contributed by atoms with E-state index in [0.29, 0.717) is 5.69 Å². The lowest BCUT2D eigenvalue weighted by Crippen LogP contribution is -2.00. The van der Waals surface area contributed by atoms with Crippen LogP contribution in [0.25, 0.3) is 0 Å². The van der Waals surface area contributed by atoms with E-state index in [1.165, 1.54) is 12.1 Å². The lowest BCUT2D eigenvalue weighted by molar-refractivity contribution is 0.269. The molecule has 1 heterocycles. The molecule has 0 aromatic carbocycles. The number of carbonyl (C=O) groups excluding carboxylic acids is 1. The van der Waals surface area contributed by atoms with Crippen LogP contribution < -0.4 is 5.32 Å². The van der Waals surface area contributed by atoms with E-state index >= 15 is 0 Å². The van der Waals surface area contributed by atoms with Gasteiger partial charge in [-0.25, -0.2) is 4.98 Å². The van der Waals surface area contributed by atoms with E-state index < -0.39 is 5.37 Å². The minimum Gasteiger partial charge on any atom is -0.312 e. The van der Waals surface area contributed by atoms with Crippen molar-refractivity contribution in [3.05, 3.63) is 22.4 Å². The summed E-state index contributed by atoms with van der Waals surface area (Å²) in [7, 11) is 0. The van der Waals surface area contributed by atoms with Gasteiger partial charge in [0.15, 0.2) is 0 Å². The maximum Gasteiger partial charge on any atom is 0.318 e. The maximum atomic E-state index is 10.4. The molecule has 0 fully saturated rings. The van der Waals surface area contributed by atoms with Crippen LogP contribution in [-0.2, 0) is 0 Å². The summed E-state index contributed by atoms with van der Waals surface area (Å²) in [6, 6.07) is 2.88. The van der Waals surface area contributed by atoms with E-state index in [1.54, 1.807) is 0 Å². The first-order chi connectivity index (χ1) is 5.58. The van der Waals surface area contributed by atoms with Gasteiger partial charge in [-0.2, -0.15) is 0 Å². The molecule has 0 saturated heterocycles. The van der Waals surface area contributed by atoms with Crippen LogP contribution in [0.3, 0.4) is 0 Å². The van der Waals surface area contributed by atoms with Crippen LogP contribution in [0.2, 0.25) is 10.3 Å². The summed E-state index contributed by atoms with van der Waals surface area (Å²) in [5.41, 5.74) is 0.417. The number of nitrogens with one attached hydrogen (secondary N) is 1. The summed E-state index contributed by atoms with van der Waals surface area (Å²) in [6.45, 7) is 0. The van der Waals surface area contributed by atoms with Gasteiger partial charge >= 0.3 is 5.37 Å². The zero-order chi connectivity index (χ0) is 9.14. The third-order valence-electron chi connectivity index (χ3n) is 1.01. The summed E-state index contributed by atoms with van der Waals surface area (Å²) in [5.74, 6) is 0. The molecule has 12 heavy (non-hydrogen) atoms. The number of pyridine rings is 1. The molecule has 0 radical (unpaired) electrons. The van der Waals surface area contributed by atoms with Gasteiger partial charge in [0, 0.05) is 5.69 Å². The smallest absolute Gasteiger partial charge is 0.312 e. The zero-order valence-electron chi connectivity index (χ0n) is 5.64. The predicted octanol–water partition coefficient (Wildman–Crippen LogP) is 3.16. The van der Waals surface area contributed by atoms with Crippen molar-refractivity contribution in [1.82, 2.24) is 4.98 Å². The van der Waals surface area contributed by atoms with Gasteiger partial charge in [-0.15, -0.1) is 0 Å². The Morgan fingerprint density at radius 3 is 2.25 bits per heavy atom. The molecule has 1 amide bonds. The Labute approximate surface area is 83.6 Å². The van der Waals surface area contributed by atoms with Gasteiger partial charge in [0.2, 0.25) is 0 Å². The van der Waals surface area contributed by atoms with Crippen LogP contribution >= 0.6 is 34.8 Å². The van der Waals surface area contributed by atoms with Gasteiger partial charge < -0.3 is 5.32 Å². The Bertz CT molecular complexity index is 295. The fraction of sp³-hybridized carbons (Fsp3) is 0. The molecule has 1 aromatic heterocycles. The normalized spacial score (nSPS) is 9.58. The van der Waals surface area contributed by atoms with Gasteiger partial charge in [0.1, 0.15) is 10.3 Å². The van der Waals surface area contributed by atoms with Crippen LogP contribution in [0.1, 0.15) is 0 Å². The molecular formula is C6H3Cl3N2O. The molecule has 0 aliphatic rings. The molecule has 1 aromatic rings. The maximum absolute atomic E-state index is 10.4.